The van der Waals surface area contributed by atoms with E-state index in [1.165, 1.54) is 27.8 Å². The molecule has 2 nitrogen and oxygen atoms in total. The lowest BCUT2D eigenvalue weighted by Gasteiger charge is -2.33. The fourth-order valence-electron chi connectivity index (χ4n) is 5.28. The Labute approximate surface area is 226 Å². The lowest BCUT2D eigenvalue weighted by molar-refractivity contribution is 0.475. The summed E-state index contributed by atoms with van der Waals surface area (Å²) in [6.45, 7) is 8.41. The number of phenols is 2. The molecular weight excluding hydrogens is 464 g/mol. The molecule has 0 fully saturated rings. The standard InChI is InChI=1S/C25H18O2.C9H12.C2H6/c26-19-13-9-17(10-14-19)25(18-11-15-20(27)16-12-18)23-7-3-1-5-21(23)22-6-2-4-8-24(22)25;1-8(2)9-6-4-3-5-7-9;1-2/h1-16,26-27H;3-8H,1-2H3;1-2H3. The second-order valence-electron chi connectivity index (χ2n) is 9.50. The molecule has 0 atom stereocenters. The predicted molar refractivity (Wildman–Crippen MR) is 159 cm³/mol. The summed E-state index contributed by atoms with van der Waals surface area (Å²) in [5, 5.41) is 19.7. The van der Waals surface area contributed by atoms with Gasteiger partial charge in [0.1, 0.15) is 11.5 Å². The van der Waals surface area contributed by atoms with Crippen LogP contribution in [-0.4, -0.2) is 10.2 Å². The fraction of sp³-hybridized carbons (Fsp3) is 0.167. The van der Waals surface area contributed by atoms with E-state index in [0.717, 1.165) is 11.1 Å². The first-order valence-electron chi connectivity index (χ1n) is 13.3. The predicted octanol–water partition coefficient (Wildman–Crippen LogP) is 9.30. The first-order chi connectivity index (χ1) is 18.5. The van der Waals surface area contributed by atoms with Crippen LogP contribution in [0, 0.1) is 0 Å². The third kappa shape index (κ3) is 4.95. The van der Waals surface area contributed by atoms with Crippen molar-refractivity contribution < 1.29 is 10.2 Å². The van der Waals surface area contributed by atoms with E-state index in [-0.39, 0.29) is 11.5 Å². The molecule has 0 heterocycles. The van der Waals surface area contributed by atoms with Gasteiger partial charge in [-0.2, -0.15) is 0 Å². The van der Waals surface area contributed by atoms with Gasteiger partial charge in [0.05, 0.1) is 5.41 Å². The monoisotopic (exact) mass is 500 g/mol. The summed E-state index contributed by atoms with van der Waals surface area (Å²) in [5.74, 6) is 1.16. The molecule has 6 rings (SSSR count). The second kappa shape index (κ2) is 11.8. The van der Waals surface area contributed by atoms with Crippen LogP contribution < -0.4 is 0 Å². The molecule has 0 amide bonds. The maximum absolute atomic E-state index is 9.85. The number of aromatic hydroxyl groups is 2. The molecule has 5 aromatic carbocycles. The Morgan fingerprint density at radius 2 is 0.842 bits per heavy atom. The molecule has 0 spiro atoms. The minimum atomic E-state index is -0.491. The van der Waals surface area contributed by atoms with Crippen molar-refractivity contribution >= 4 is 0 Å². The molecule has 0 unspecified atom stereocenters. The van der Waals surface area contributed by atoms with E-state index in [0.29, 0.717) is 5.92 Å². The summed E-state index contributed by atoms with van der Waals surface area (Å²) in [6.07, 6.45) is 0. The summed E-state index contributed by atoms with van der Waals surface area (Å²) in [6, 6.07) is 42.4. The Bertz CT molecular complexity index is 1360. The average molecular weight is 501 g/mol. The molecule has 5 aromatic rings. The zero-order chi connectivity index (χ0) is 27.1. The van der Waals surface area contributed by atoms with E-state index >= 15 is 0 Å². The average Bonchev–Trinajstić information content (AvgIpc) is 3.27. The van der Waals surface area contributed by atoms with Crippen LogP contribution in [0.3, 0.4) is 0 Å². The van der Waals surface area contributed by atoms with Crippen molar-refractivity contribution in [3.8, 4) is 22.6 Å². The van der Waals surface area contributed by atoms with Gasteiger partial charge < -0.3 is 10.2 Å². The molecule has 0 saturated carbocycles. The topological polar surface area (TPSA) is 40.5 Å². The first-order valence-corrected chi connectivity index (χ1v) is 13.3. The second-order valence-corrected chi connectivity index (χ2v) is 9.50. The minimum absolute atomic E-state index is 0.249. The Kier molecular flexibility index (Phi) is 8.33. The van der Waals surface area contributed by atoms with Gasteiger partial charge in [-0.25, -0.2) is 0 Å². The quantitative estimate of drug-likeness (QED) is 0.254. The van der Waals surface area contributed by atoms with Gasteiger partial charge in [-0.1, -0.05) is 131 Å². The highest BCUT2D eigenvalue weighted by atomic mass is 16.3. The maximum atomic E-state index is 9.85. The van der Waals surface area contributed by atoms with E-state index < -0.39 is 5.41 Å². The zero-order valence-corrected chi connectivity index (χ0v) is 22.6. The van der Waals surface area contributed by atoms with Gasteiger partial charge in [0, 0.05) is 0 Å². The molecule has 0 bridgehead atoms. The molecule has 192 valence electrons. The van der Waals surface area contributed by atoms with Gasteiger partial charge in [0.15, 0.2) is 0 Å². The van der Waals surface area contributed by atoms with Gasteiger partial charge in [0.2, 0.25) is 0 Å². The van der Waals surface area contributed by atoms with Crippen molar-refractivity contribution in [2.24, 2.45) is 0 Å². The number of benzene rings is 5. The van der Waals surface area contributed by atoms with Crippen LogP contribution in [0.15, 0.2) is 127 Å². The molecule has 1 aliphatic carbocycles. The summed E-state index contributed by atoms with van der Waals surface area (Å²) >= 11 is 0. The smallest absolute Gasteiger partial charge is 0.115 e. The number of rotatable bonds is 3. The SMILES string of the molecule is CC.CC(C)c1ccccc1.Oc1ccc(C2(c3ccc(O)cc3)c3ccccc3-c3ccccc32)cc1. The minimum Gasteiger partial charge on any atom is -0.508 e. The molecule has 38 heavy (non-hydrogen) atoms. The highest BCUT2D eigenvalue weighted by Gasteiger charge is 2.45. The van der Waals surface area contributed by atoms with Gasteiger partial charge in [-0.3, -0.25) is 0 Å². The van der Waals surface area contributed by atoms with Crippen LogP contribution in [-0.2, 0) is 5.41 Å². The molecular formula is C36H36O2. The van der Waals surface area contributed by atoms with Crippen molar-refractivity contribution in [1.82, 2.24) is 0 Å². The van der Waals surface area contributed by atoms with E-state index in [4.69, 9.17) is 0 Å². The van der Waals surface area contributed by atoms with Gasteiger partial charge >= 0.3 is 0 Å². The van der Waals surface area contributed by atoms with Crippen LogP contribution >= 0.6 is 0 Å². The lowest BCUT2D eigenvalue weighted by Crippen LogP contribution is -2.28. The molecule has 2 heteroatoms. The maximum Gasteiger partial charge on any atom is 0.115 e. The highest BCUT2D eigenvalue weighted by Crippen LogP contribution is 2.56. The number of hydrogen-bond donors (Lipinski definition) is 2. The number of fused-ring (bicyclic) bond motifs is 3. The number of hydrogen-bond acceptors (Lipinski definition) is 2. The molecule has 1 aliphatic rings. The molecule has 2 N–H and O–H groups in total. The van der Waals surface area contributed by atoms with Crippen LogP contribution in [0.1, 0.15) is 61.4 Å². The third-order valence-corrected chi connectivity index (χ3v) is 7.02. The third-order valence-electron chi connectivity index (χ3n) is 7.02. The van der Waals surface area contributed by atoms with E-state index in [2.05, 4.69) is 86.6 Å². The van der Waals surface area contributed by atoms with Crippen LogP contribution in [0.2, 0.25) is 0 Å². The summed E-state index contributed by atoms with van der Waals surface area (Å²) in [7, 11) is 0. The normalized spacial score (nSPS) is 12.3. The Morgan fingerprint density at radius 1 is 0.474 bits per heavy atom. The van der Waals surface area contributed by atoms with E-state index in [1.54, 1.807) is 24.3 Å². The van der Waals surface area contributed by atoms with Gasteiger partial charge in [-0.05, 0) is 69.1 Å². The molecule has 0 aromatic heterocycles. The summed E-state index contributed by atoms with van der Waals surface area (Å²) in [5.41, 5.74) is 7.95. The lowest BCUT2D eigenvalue weighted by atomic mass is 9.68. The molecule has 0 aliphatic heterocycles. The Balaban J connectivity index is 0.000000259. The number of phenolic OH excluding ortho intramolecular Hbond substituents is 2. The Morgan fingerprint density at radius 3 is 1.21 bits per heavy atom. The van der Waals surface area contributed by atoms with Crippen molar-refractivity contribution in [1.29, 1.82) is 0 Å². The van der Waals surface area contributed by atoms with E-state index in [9.17, 15) is 10.2 Å². The van der Waals surface area contributed by atoms with Crippen LogP contribution in [0.25, 0.3) is 11.1 Å². The van der Waals surface area contributed by atoms with Crippen molar-refractivity contribution in [3.63, 3.8) is 0 Å². The summed E-state index contributed by atoms with van der Waals surface area (Å²) < 4.78 is 0. The van der Waals surface area contributed by atoms with Gasteiger partial charge in [0.25, 0.3) is 0 Å². The van der Waals surface area contributed by atoms with Crippen molar-refractivity contribution in [2.45, 2.75) is 39.0 Å². The first kappa shape index (κ1) is 26.8. The summed E-state index contributed by atoms with van der Waals surface area (Å²) in [4.78, 5) is 0. The zero-order valence-electron chi connectivity index (χ0n) is 22.6. The molecule has 0 radical (unpaired) electrons. The van der Waals surface area contributed by atoms with Crippen molar-refractivity contribution in [3.05, 3.63) is 155 Å². The van der Waals surface area contributed by atoms with E-state index in [1.807, 2.05) is 44.2 Å². The fourth-order valence-corrected chi connectivity index (χ4v) is 5.28. The van der Waals surface area contributed by atoms with Gasteiger partial charge in [-0.15, -0.1) is 0 Å². The molecule has 0 saturated heterocycles. The van der Waals surface area contributed by atoms with Crippen LogP contribution in [0.4, 0.5) is 0 Å². The Hall–Kier alpha value is -4.30. The highest BCUT2D eigenvalue weighted by molar-refractivity contribution is 5.86. The van der Waals surface area contributed by atoms with Crippen LogP contribution in [0.5, 0.6) is 11.5 Å². The largest absolute Gasteiger partial charge is 0.508 e. The van der Waals surface area contributed by atoms with Crippen molar-refractivity contribution in [2.75, 3.05) is 0 Å².